The summed E-state index contributed by atoms with van der Waals surface area (Å²) in [6.07, 6.45) is 1.09. The van der Waals surface area contributed by atoms with Crippen molar-refractivity contribution < 1.29 is 17.9 Å². The summed E-state index contributed by atoms with van der Waals surface area (Å²) in [5.41, 5.74) is -0.0828. The molecule has 1 amide bonds. The number of halogens is 2. The predicted molar refractivity (Wildman–Crippen MR) is 108 cm³/mol. The Balaban J connectivity index is 1.96. The van der Waals surface area contributed by atoms with E-state index in [0.29, 0.717) is 35.2 Å². The molecule has 1 fully saturated rings. The van der Waals surface area contributed by atoms with Crippen molar-refractivity contribution >= 4 is 39.3 Å². The molecule has 1 saturated heterocycles. The molecule has 0 saturated carbocycles. The average Bonchev–Trinajstić information content (AvgIpc) is 2.55. The highest BCUT2D eigenvalue weighted by molar-refractivity contribution is 7.88. The fourth-order valence-electron chi connectivity index (χ4n) is 2.93. The summed E-state index contributed by atoms with van der Waals surface area (Å²) in [6, 6.07) is 4.80. The minimum atomic E-state index is -3.53. The Bertz CT molecular complexity index is 778. The number of nitrogens with zero attached hydrogens (tertiary/aromatic N) is 1. The topological polar surface area (TPSA) is 75.7 Å². The first-order valence-corrected chi connectivity index (χ1v) is 11.2. The molecule has 1 unspecified atom stereocenters. The zero-order valence-electron chi connectivity index (χ0n) is 15.8. The van der Waals surface area contributed by atoms with Gasteiger partial charge < -0.3 is 10.1 Å². The molecule has 9 heteroatoms. The molecule has 0 bridgehead atoms. The summed E-state index contributed by atoms with van der Waals surface area (Å²) in [5.74, 6) is -0.158. The lowest BCUT2D eigenvalue weighted by atomic mass is 10.00. The van der Waals surface area contributed by atoms with E-state index in [-0.39, 0.29) is 11.7 Å². The van der Waals surface area contributed by atoms with Crippen LogP contribution in [0.1, 0.15) is 39.2 Å². The SMILES string of the molecule is CC(C)(C)OC(=O)NCC1CCCN(S(=O)(=O)Cc2cc(Cl)ccc2Cl)C1. The van der Waals surface area contributed by atoms with Crippen LogP contribution in [0.2, 0.25) is 10.0 Å². The van der Waals surface area contributed by atoms with Gasteiger partial charge in [0.25, 0.3) is 0 Å². The van der Waals surface area contributed by atoms with Gasteiger partial charge in [-0.15, -0.1) is 0 Å². The van der Waals surface area contributed by atoms with Crippen molar-refractivity contribution in [3.63, 3.8) is 0 Å². The van der Waals surface area contributed by atoms with Crippen molar-refractivity contribution in [3.8, 4) is 0 Å². The van der Waals surface area contributed by atoms with Gasteiger partial charge >= 0.3 is 6.09 Å². The van der Waals surface area contributed by atoms with Crippen molar-refractivity contribution in [1.82, 2.24) is 9.62 Å². The first-order valence-electron chi connectivity index (χ1n) is 8.85. The van der Waals surface area contributed by atoms with Gasteiger partial charge in [-0.1, -0.05) is 23.2 Å². The second-order valence-corrected chi connectivity index (χ2v) is 10.6. The summed E-state index contributed by atoms with van der Waals surface area (Å²) in [6.45, 7) is 6.58. The number of amides is 1. The Hall–Kier alpha value is -1.02. The van der Waals surface area contributed by atoms with Crippen LogP contribution in [0.15, 0.2) is 18.2 Å². The third kappa shape index (κ3) is 7.14. The summed E-state index contributed by atoms with van der Waals surface area (Å²) in [5, 5.41) is 3.55. The maximum atomic E-state index is 12.8. The van der Waals surface area contributed by atoms with E-state index in [4.69, 9.17) is 27.9 Å². The van der Waals surface area contributed by atoms with Crippen LogP contribution in [-0.2, 0) is 20.5 Å². The van der Waals surface area contributed by atoms with Gasteiger partial charge in [-0.25, -0.2) is 17.5 Å². The maximum absolute atomic E-state index is 12.8. The number of carbonyl (C=O) groups is 1. The molecule has 1 N–H and O–H groups in total. The molecule has 0 aliphatic carbocycles. The number of nitrogens with one attached hydrogen (secondary N) is 1. The molecule has 27 heavy (non-hydrogen) atoms. The molecule has 1 heterocycles. The van der Waals surface area contributed by atoms with Gasteiger partial charge in [0.1, 0.15) is 5.60 Å². The number of carbonyl (C=O) groups excluding carboxylic acids is 1. The fourth-order valence-corrected chi connectivity index (χ4v) is 5.05. The quantitative estimate of drug-likeness (QED) is 0.754. The van der Waals surface area contributed by atoms with E-state index < -0.39 is 21.7 Å². The van der Waals surface area contributed by atoms with E-state index in [2.05, 4.69) is 5.32 Å². The van der Waals surface area contributed by atoms with E-state index in [1.165, 1.54) is 4.31 Å². The normalized spacial score (nSPS) is 18.9. The molecule has 1 atom stereocenters. The van der Waals surface area contributed by atoms with Gasteiger partial charge in [-0.05, 0) is 63.3 Å². The molecule has 0 spiro atoms. The number of hydrogen-bond acceptors (Lipinski definition) is 4. The van der Waals surface area contributed by atoms with Crippen LogP contribution in [0.25, 0.3) is 0 Å². The van der Waals surface area contributed by atoms with Crippen LogP contribution < -0.4 is 5.32 Å². The number of hydrogen-bond donors (Lipinski definition) is 1. The highest BCUT2D eigenvalue weighted by Gasteiger charge is 2.30. The Morgan fingerprint density at radius 1 is 1.33 bits per heavy atom. The van der Waals surface area contributed by atoms with Gasteiger partial charge in [-0.2, -0.15) is 0 Å². The Labute approximate surface area is 171 Å². The molecule has 2 rings (SSSR count). The highest BCUT2D eigenvalue weighted by Crippen LogP contribution is 2.26. The maximum Gasteiger partial charge on any atom is 0.407 e. The third-order valence-electron chi connectivity index (χ3n) is 4.15. The van der Waals surface area contributed by atoms with Crippen LogP contribution >= 0.6 is 23.2 Å². The van der Waals surface area contributed by atoms with Crippen LogP contribution in [0.3, 0.4) is 0 Å². The van der Waals surface area contributed by atoms with Crippen LogP contribution in [0.5, 0.6) is 0 Å². The lowest BCUT2D eigenvalue weighted by Crippen LogP contribution is -2.44. The predicted octanol–water partition coefficient (Wildman–Crippen LogP) is 4.06. The Kier molecular flexibility index (Phi) is 7.41. The molecule has 1 aliphatic heterocycles. The monoisotopic (exact) mass is 436 g/mol. The number of ether oxygens (including phenoxy) is 1. The second kappa shape index (κ2) is 8.99. The Morgan fingerprint density at radius 3 is 2.70 bits per heavy atom. The van der Waals surface area contributed by atoms with E-state index in [1.54, 1.807) is 39.0 Å². The zero-order valence-corrected chi connectivity index (χ0v) is 18.1. The van der Waals surface area contributed by atoms with Crippen molar-refractivity contribution in [2.45, 2.75) is 45.0 Å². The van der Waals surface area contributed by atoms with Gasteiger partial charge in [-0.3, -0.25) is 0 Å². The molecule has 1 aromatic rings. The van der Waals surface area contributed by atoms with Crippen molar-refractivity contribution in [2.24, 2.45) is 5.92 Å². The van der Waals surface area contributed by atoms with Crippen molar-refractivity contribution in [1.29, 1.82) is 0 Å². The molecule has 1 aromatic carbocycles. The van der Waals surface area contributed by atoms with Crippen LogP contribution in [0.4, 0.5) is 4.79 Å². The standard InChI is InChI=1S/C18H26Cl2N2O4S/c1-18(2,3)26-17(23)21-10-13-5-4-8-22(11-13)27(24,25)12-14-9-15(19)6-7-16(14)20/h6-7,9,13H,4-5,8,10-12H2,1-3H3,(H,21,23). The molecule has 1 aliphatic rings. The number of rotatable bonds is 5. The number of piperidine rings is 1. The van der Waals surface area contributed by atoms with Crippen LogP contribution in [-0.4, -0.2) is 44.1 Å². The fraction of sp³-hybridized carbons (Fsp3) is 0.611. The van der Waals surface area contributed by atoms with Gasteiger partial charge in [0.15, 0.2) is 0 Å². The van der Waals surface area contributed by atoms with Crippen LogP contribution in [0, 0.1) is 5.92 Å². The molecule has 0 radical (unpaired) electrons. The average molecular weight is 437 g/mol. The van der Waals surface area contributed by atoms with E-state index in [0.717, 1.165) is 12.8 Å². The largest absolute Gasteiger partial charge is 0.444 e. The van der Waals surface area contributed by atoms with Crippen molar-refractivity contribution in [2.75, 3.05) is 19.6 Å². The second-order valence-electron chi connectivity index (χ2n) is 7.74. The number of benzene rings is 1. The third-order valence-corrected chi connectivity index (χ3v) is 6.55. The molecule has 0 aromatic heterocycles. The smallest absolute Gasteiger partial charge is 0.407 e. The summed E-state index contributed by atoms with van der Waals surface area (Å²) in [4.78, 5) is 11.8. The molecule has 6 nitrogen and oxygen atoms in total. The van der Waals surface area contributed by atoms with Crippen molar-refractivity contribution in [3.05, 3.63) is 33.8 Å². The molecule has 152 valence electrons. The highest BCUT2D eigenvalue weighted by atomic mass is 35.5. The first-order chi connectivity index (χ1) is 12.5. The van der Waals surface area contributed by atoms with Gasteiger partial charge in [0.05, 0.1) is 5.75 Å². The van der Waals surface area contributed by atoms with Gasteiger partial charge in [0, 0.05) is 29.7 Å². The lowest BCUT2D eigenvalue weighted by molar-refractivity contribution is 0.0513. The first kappa shape index (κ1) is 22.3. The zero-order chi connectivity index (χ0) is 20.2. The molecular formula is C18H26Cl2N2O4S. The number of sulfonamides is 1. The summed E-state index contributed by atoms with van der Waals surface area (Å²) >= 11 is 12.1. The Morgan fingerprint density at radius 2 is 2.04 bits per heavy atom. The van der Waals surface area contributed by atoms with E-state index in [9.17, 15) is 13.2 Å². The summed E-state index contributed by atoms with van der Waals surface area (Å²) in [7, 11) is -3.53. The molecular weight excluding hydrogens is 411 g/mol. The van der Waals surface area contributed by atoms with Gasteiger partial charge in [0.2, 0.25) is 10.0 Å². The minimum Gasteiger partial charge on any atom is -0.444 e. The summed E-state index contributed by atoms with van der Waals surface area (Å²) < 4.78 is 32.3. The number of alkyl carbamates (subject to hydrolysis) is 1. The van der Waals surface area contributed by atoms with E-state index >= 15 is 0 Å². The minimum absolute atomic E-state index is 0.0378. The van der Waals surface area contributed by atoms with E-state index in [1.807, 2.05) is 0 Å². The lowest BCUT2D eigenvalue weighted by Gasteiger charge is -2.32.